The number of hydrogen-bond donors (Lipinski definition) is 0. The molecular weight excluding hydrogens is 468 g/mol. The molecule has 0 aliphatic carbocycles. The molecule has 0 saturated carbocycles. The quantitative estimate of drug-likeness (QED) is 0.442. The molecule has 180 valence electrons. The van der Waals surface area contributed by atoms with Crippen LogP contribution < -0.4 is 14.4 Å². The zero-order valence-electron chi connectivity index (χ0n) is 19.4. The fraction of sp³-hybridized carbons (Fsp3) is 0.259. The molecule has 3 aromatic carbocycles. The molecule has 0 radical (unpaired) electrons. The number of imide groups is 1. The number of hydrogen-bond acceptors (Lipinski definition) is 6. The molecule has 35 heavy (non-hydrogen) atoms. The van der Waals surface area contributed by atoms with Gasteiger partial charge in [-0.2, -0.15) is 5.06 Å². The average molecular weight is 493 g/mol. The van der Waals surface area contributed by atoms with E-state index in [1.807, 2.05) is 55.5 Å². The van der Waals surface area contributed by atoms with Crippen LogP contribution in [-0.2, 0) is 21.0 Å². The van der Waals surface area contributed by atoms with Crippen LogP contribution in [0.15, 0.2) is 72.8 Å². The predicted molar refractivity (Wildman–Crippen MR) is 131 cm³/mol. The number of amides is 2. The molecule has 2 aliphatic heterocycles. The molecule has 2 aliphatic rings. The van der Waals surface area contributed by atoms with Crippen molar-refractivity contribution in [1.82, 2.24) is 5.06 Å². The van der Waals surface area contributed by atoms with E-state index < -0.39 is 24.0 Å². The van der Waals surface area contributed by atoms with Crippen LogP contribution in [0.2, 0.25) is 5.02 Å². The van der Waals surface area contributed by atoms with E-state index >= 15 is 0 Å². The van der Waals surface area contributed by atoms with E-state index in [2.05, 4.69) is 0 Å². The fourth-order valence-electron chi connectivity index (χ4n) is 4.67. The van der Waals surface area contributed by atoms with E-state index in [9.17, 15) is 9.59 Å². The highest BCUT2D eigenvalue weighted by atomic mass is 35.5. The van der Waals surface area contributed by atoms with Crippen LogP contribution in [-0.4, -0.2) is 36.6 Å². The van der Waals surface area contributed by atoms with Crippen LogP contribution in [0.3, 0.4) is 0 Å². The van der Waals surface area contributed by atoms with Crippen LogP contribution in [0.5, 0.6) is 11.5 Å². The van der Waals surface area contributed by atoms with Gasteiger partial charge < -0.3 is 9.47 Å². The minimum absolute atomic E-state index is 0.320. The Balaban J connectivity index is 1.43. The first-order valence-corrected chi connectivity index (χ1v) is 11.8. The third-order valence-corrected chi connectivity index (χ3v) is 6.46. The monoisotopic (exact) mass is 492 g/mol. The number of anilines is 1. The molecule has 0 spiro atoms. The summed E-state index contributed by atoms with van der Waals surface area (Å²) >= 11 is 6.10. The molecule has 3 atom stereocenters. The van der Waals surface area contributed by atoms with Crippen LogP contribution >= 0.6 is 11.6 Å². The van der Waals surface area contributed by atoms with E-state index in [1.54, 1.807) is 36.4 Å². The van der Waals surface area contributed by atoms with Crippen molar-refractivity contribution in [3.8, 4) is 11.5 Å². The number of nitrogens with zero attached hydrogens (tertiary/aromatic N) is 2. The zero-order chi connectivity index (χ0) is 24.5. The largest absolute Gasteiger partial charge is 0.490 e. The van der Waals surface area contributed by atoms with Gasteiger partial charge in [-0.1, -0.05) is 54.1 Å². The van der Waals surface area contributed by atoms with Gasteiger partial charge in [-0.25, -0.2) is 4.90 Å². The number of benzene rings is 3. The van der Waals surface area contributed by atoms with Crippen LogP contribution in [0, 0.1) is 5.92 Å². The predicted octanol–water partition coefficient (Wildman–Crippen LogP) is 4.79. The van der Waals surface area contributed by atoms with E-state index in [-0.39, 0.29) is 5.91 Å². The Morgan fingerprint density at radius 1 is 0.914 bits per heavy atom. The lowest BCUT2D eigenvalue weighted by atomic mass is 9.91. The summed E-state index contributed by atoms with van der Waals surface area (Å²) in [5, 5.41) is 2.03. The molecule has 7 nitrogen and oxygen atoms in total. The van der Waals surface area contributed by atoms with Gasteiger partial charge in [0.25, 0.3) is 5.91 Å². The standard InChI is InChI=1S/C27H25ClN2O5/c1-3-33-22-14-18(12-13-21(22)34-16-17-8-5-4-6-9-17)24-23-25(35-29(24)2)27(32)30(26(23)31)20-11-7-10-19(28)15-20/h4-15,23-25H,3,16H2,1-2H3/t23-,24-,25-/m0/s1. The average Bonchev–Trinajstić information content (AvgIpc) is 3.32. The van der Waals surface area contributed by atoms with Crippen LogP contribution in [0.25, 0.3) is 0 Å². The summed E-state index contributed by atoms with van der Waals surface area (Å²) in [5.41, 5.74) is 2.28. The summed E-state index contributed by atoms with van der Waals surface area (Å²) < 4.78 is 11.9. The maximum Gasteiger partial charge on any atom is 0.265 e. The van der Waals surface area contributed by atoms with Gasteiger partial charge in [-0.3, -0.25) is 14.4 Å². The molecular formula is C27H25ClN2O5. The Bertz CT molecular complexity index is 1250. The van der Waals surface area contributed by atoms with Gasteiger partial charge in [-0.15, -0.1) is 0 Å². The second-order valence-electron chi connectivity index (χ2n) is 8.45. The van der Waals surface area contributed by atoms with E-state index in [1.165, 1.54) is 4.90 Å². The zero-order valence-corrected chi connectivity index (χ0v) is 20.1. The fourth-order valence-corrected chi connectivity index (χ4v) is 4.85. The van der Waals surface area contributed by atoms with Gasteiger partial charge in [0, 0.05) is 12.1 Å². The Morgan fingerprint density at radius 2 is 1.71 bits per heavy atom. The molecule has 3 aromatic rings. The number of halogens is 1. The van der Waals surface area contributed by atoms with Crippen molar-refractivity contribution < 1.29 is 23.9 Å². The van der Waals surface area contributed by atoms with E-state index in [0.717, 1.165) is 11.1 Å². The molecule has 2 amide bonds. The lowest BCUT2D eigenvalue weighted by Crippen LogP contribution is -2.36. The number of carbonyl (C=O) groups excluding carboxylic acids is 2. The van der Waals surface area contributed by atoms with Crippen molar-refractivity contribution in [2.75, 3.05) is 18.6 Å². The van der Waals surface area contributed by atoms with Crippen molar-refractivity contribution in [1.29, 1.82) is 0 Å². The molecule has 2 saturated heterocycles. The highest BCUT2D eigenvalue weighted by Gasteiger charge is 2.59. The minimum Gasteiger partial charge on any atom is -0.490 e. The molecule has 0 aromatic heterocycles. The smallest absolute Gasteiger partial charge is 0.265 e. The summed E-state index contributed by atoms with van der Waals surface area (Å²) in [6.45, 7) is 2.75. The second-order valence-corrected chi connectivity index (χ2v) is 8.88. The number of hydroxylamine groups is 2. The Labute approximate surface area is 208 Å². The van der Waals surface area contributed by atoms with Gasteiger partial charge in [0.15, 0.2) is 17.6 Å². The van der Waals surface area contributed by atoms with Gasteiger partial charge in [0.2, 0.25) is 5.91 Å². The number of carbonyl (C=O) groups is 2. The summed E-state index contributed by atoms with van der Waals surface area (Å²) in [6, 6.07) is 21.7. The highest BCUT2D eigenvalue weighted by Crippen LogP contribution is 2.46. The number of ether oxygens (including phenoxy) is 2. The molecule has 0 N–H and O–H groups in total. The van der Waals surface area contributed by atoms with E-state index in [4.69, 9.17) is 25.9 Å². The Hall–Kier alpha value is -3.39. The van der Waals surface area contributed by atoms with Crippen molar-refractivity contribution >= 4 is 29.1 Å². The van der Waals surface area contributed by atoms with Gasteiger partial charge in [-0.05, 0) is 48.4 Å². The maximum atomic E-state index is 13.5. The van der Waals surface area contributed by atoms with Crippen LogP contribution in [0.4, 0.5) is 5.69 Å². The second kappa shape index (κ2) is 9.70. The lowest BCUT2D eigenvalue weighted by molar-refractivity contribution is -0.160. The molecule has 2 heterocycles. The van der Waals surface area contributed by atoms with Crippen molar-refractivity contribution in [3.63, 3.8) is 0 Å². The van der Waals surface area contributed by atoms with E-state index in [0.29, 0.717) is 35.4 Å². The van der Waals surface area contributed by atoms with Crippen molar-refractivity contribution in [2.45, 2.75) is 25.7 Å². The Kier molecular flexibility index (Phi) is 6.47. The minimum atomic E-state index is -0.902. The normalized spacial score (nSPS) is 21.9. The van der Waals surface area contributed by atoms with Crippen LogP contribution in [0.1, 0.15) is 24.1 Å². The summed E-state index contributed by atoms with van der Waals surface area (Å²) in [7, 11) is 1.73. The first kappa shape index (κ1) is 23.4. The topological polar surface area (TPSA) is 68.3 Å². The van der Waals surface area contributed by atoms with Gasteiger partial charge >= 0.3 is 0 Å². The molecule has 8 heteroatoms. The van der Waals surface area contributed by atoms with Crippen molar-refractivity contribution in [2.24, 2.45) is 5.92 Å². The summed E-state index contributed by atoms with van der Waals surface area (Å²) in [5.74, 6) is -0.242. The summed E-state index contributed by atoms with van der Waals surface area (Å²) in [6.07, 6.45) is -0.902. The first-order chi connectivity index (χ1) is 17.0. The number of fused-ring (bicyclic) bond motifs is 1. The highest BCUT2D eigenvalue weighted by molar-refractivity contribution is 6.31. The molecule has 0 bridgehead atoms. The van der Waals surface area contributed by atoms with Gasteiger partial charge in [0.1, 0.15) is 6.61 Å². The first-order valence-electron chi connectivity index (χ1n) is 11.4. The Morgan fingerprint density at radius 3 is 2.46 bits per heavy atom. The number of rotatable bonds is 7. The molecule has 5 rings (SSSR count). The summed E-state index contributed by atoms with van der Waals surface area (Å²) in [4.78, 5) is 33.7. The molecule has 0 unspecified atom stereocenters. The molecule has 2 fully saturated rings. The third-order valence-electron chi connectivity index (χ3n) is 6.22. The van der Waals surface area contributed by atoms with Crippen molar-refractivity contribution in [3.05, 3.63) is 88.9 Å². The van der Waals surface area contributed by atoms with Gasteiger partial charge in [0.05, 0.1) is 24.3 Å². The SMILES string of the molecule is CCOc1cc([C@H]2[C@@H]3C(=O)N(c4cccc(Cl)c4)C(=O)[C@H]3ON2C)ccc1OCc1ccccc1. The third kappa shape index (κ3) is 4.38. The lowest BCUT2D eigenvalue weighted by Gasteiger charge is -2.25. The maximum absolute atomic E-state index is 13.5.